The number of carboxylic acids is 2. The summed E-state index contributed by atoms with van der Waals surface area (Å²) in [5.41, 5.74) is 5.87. The van der Waals surface area contributed by atoms with Gasteiger partial charge in [-0.25, -0.2) is 19.1 Å². The van der Waals surface area contributed by atoms with E-state index in [9.17, 15) is 24.3 Å². The predicted molar refractivity (Wildman–Crippen MR) is 151 cm³/mol. The molecule has 2 aliphatic heterocycles. The van der Waals surface area contributed by atoms with E-state index in [1.807, 2.05) is 36.0 Å². The van der Waals surface area contributed by atoms with E-state index >= 15 is 0 Å². The molecular formula is C23H26N6NaO7S3+. The minimum atomic E-state index is -1.35. The van der Waals surface area contributed by atoms with E-state index in [4.69, 9.17) is 15.7 Å². The second-order valence-electron chi connectivity index (χ2n) is 8.37. The van der Waals surface area contributed by atoms with Gasteiger partial charge >= 0.3 is 41.5 Å². The number of β-lactam (4-membered cyclic amide) rings is 1. The Morgan fingerprint density at radius 2 is 2.05 bits per heavy atom. The number of oxime groups is 1. The van der Waals surface area contributed by atoms with Gasteiger partial charge in [0.05, 0.1) is 0 Å². The molecule has 0 spiro atoms. The Morgan fingerprint density at radius 1 is 1.35 bits per heavy atom. The predicted octanol–water partition coefficient (Wildman–Crippen LogP) is 0.109. The van der Waals surface area contributed by atoms with Crippen molar-refractivity contribution in [2.75, 3.05) is 17.2 Å². The van der Waals surface area contributed by atoms with Crippen LogP contribution in [0.1, 0.15) is 19.5 Å². The van der Waals surface area contributed by atoms with Crippen LogP contribution in [0.25, 0.3) is 0 Å². The Morgan fingerprint density at radius 3 is 2.62 bits per heavy atom. The molecule has 0 aliphatic carbocycles. The number of aromatic nitrogens is 2. The van der Waals surface area contributed by atoms with Crippen molar-refractivity contribution in [2.24, 2.45) is 5.16 Å². The van der Waals surface area contributed by atoms with Crippen molar-refractivity contribution in [2.45, 2.75) is 42.8 Å². The summed E-state index contributed by atoms with van der Waals surface area (Å²) in [6.07, 6.45) is 2.54. The van der Waals surface area contributed by atoms with Crippen LogP contribution in [0.3, 0.4) is 0 Å². The second kappa shape index (κ2) is 13.8. The van der Waals surface area contributed by atoms with E-state index in [1.54, 1.807) is 0 Å². The number of aliphatic carboxylic acids is 2. The Kier molecular flexibility index (Phi) is 11.0. The number of carbonyl (C=O) groups is 4. The number of nitrogens with zero attached hydrogens (tertiary/aromatic N) is 4. The fourth-order valence-electron chi connectivity index (χ4n) is 3.70. The third-order valence-electron chi connectivity index (χ3n) is 5.80. The van der Waals surface area contributed by atoms with Crippen LogP contribution >= 0.6 is 34.9 Å². The van der Waals surface area contributed by atoms with Crippen LogP contribution in [0.5, 0.6) is 0 Å². The molecule has 1 fully saturated rings. The van der Waals surface area contributed by atoms with Crippen LogP contribution in [-0.2, 0) is 30.6 Å². The Bertz CT molecular complexity index is 1370. The van der Waals surface area contributed by atoms with Gasteiger partial charge in [0.25, 0.3) is 11.8 Å². The first-order valence-electron chi connectivity index (χ1n) is 11.6. The standard InChI is InChI=1S/C23H24N6O7S3.Na.H/c1-3-28-6-4-13(5-7-28)37-8-12-9-38-20-16(19(31)29(20)17(12)22(34)35)26-18(30)15(14-10-39-23(24)25-14)27-36-11(2)21(32)33;;/h4-7,10-11,16,20H,3,8-9H2,1-2H3,(H4-,24,25,26,30,32,33,34,35);;/p+1/b27-15-;;/t11-,16+,20+;;/m0../s1. The summed E-state index contributed by atoms with van der Waals surface area (Å²) in [4.78, 5) is 60.5. The van der Waals surface area contributed by atoms with E-state index in [1.165, 1.54) is 40.7 Å². The number of nitrogens with two attached hydrogens (primary N) is 1. The Balaban J connectivity index is 0.00000441. The average Bonchev–Trinajstić information content (AvgIpc) is 3.35. The molecule has 3 atom stereocenters. The van der Waals surface area contributed by atoms with Crippen molar-refractivity contribution in [3.63, 3.8) is 0 Å². The number of carbonyl (C=O) groups excluding carboxylic acids is 2. The molecule has 0 radical (unpaired) electrons. The molecule has 2 aromatic rings. The van der Waals surface area contributed by atoms with Gasteiger partial charge in [0.2, 0.25) is 6.10 Å². The van der Waals surface area contributed by atoms with E-state index < -0.39 is 41.3 Å². The molecule has 4 heterocycles. The number of nitrogen functional groups attached to an aromatic ring is 1. The maximum absolute atomic E-state index is 13.1. The van der Waals surface area contributed by atoms with Gasteiger partial charge in [-0.05, 0) is 19.4 Å². The number of fused-ring (bicyclic) bond motifs is 1. The van der Waals surface area contributed by atoms with Crippen LogP contribution in [0.4, 0.5) is 5.13 Å². The zero-order valence-electron chi connectivity index (χ0n) is 20.8. The molecule has 2 aliphatic rings. The Labute approximate surface area is 263 Å². The maximum atomic E-state index is 13.1. The molecule has 208 valence electrons. The van der Waals surface area contributed by atoms with Gasteiger partial charge in [0, 0.05) is 33.9 Å². The molecule has 40 heavy (non-hydrogen) atoms. The zero-order chi connectivity index (χ0) is 28.3. The zero-order valence-corrected chi connectivity index (χ0v) is 23.2. The summed E-state index contributed by atoms with van der Waals surface area (Å²) in [7, 11) is 0. The number of aryl methyl sites for hydroxylation is 1. The fraction of sp³-hybridized carbons (Fsp3) is 0.348. The summed E-state index contributed by atoms with van der Waals surface area (Å²) in [5.74, 6) is -3.19. The van der Waals surface area contributed by atoms with Crippen LogP contribution in [0.2, 0.25) is 0 Å². The Hall–Kier alpha value is -2.63. The first-order chi connectivity index (χ1) is 18.6. The average molecular weight is 618 g/mol. The number of thiazole rings is 1. The molecule has 0 saturated carbocycles. The number of anilines is 1. The quantitative estimate of drug-likeness (QED) is 0.0669. The first kappa shape index (κ1) is 31.9. The molecule has 2 amide bonds. The summed E-state index contributed by atoms with van der Waals surface area (Å²) in [5, 5.41) is 26.1. The molecule has 1 saturated heterocycles. The SMILES string of the molecule is CC[n+]1ccc(SCC2=C(C(=O)O)N3C(=O)[C@@H](NC(=O)/C(=N\O[C@@H](C)C(=O)O)c4csc(N)n4)[C@H]3SC2)cc1.[NaH]. The van der Waals surface area contributed by atoms with E-state index in [2.05, 4.69) is 15.5 Å². The normalized spacial score (nSPS) is 19.2. The van der Waals surface area contributed by atoms with Gasteiger partial charge in [0.1, 0.15) is 29.4 Å². The molecule has 0 bridgehead atoms. The number of rotatable bonds is 11. The van der Waals surface area contributed by atoms with Gasteiger partial charge in [-0.15, -0.1) is 34.9 Å². The molecule has 4 rings (SSSR count). The summed E-state index contributed by atoms with van der Waals surface area (Å²) in [6, 6.07) is 2.87. The number of hydrogen-bond donors (Lipinski definition) is 4. The van der Waals surface area contributed by atoms with Gasteiger partial charge in [-0.1, -0.05) is 5.16 Å². The van der Waals surface area contributed by atoms with Crippen molar-refractivity contribution < 1.29 is 38.8 Å². The molecule has 5 N–H and O–H groups in total. The van der Waals surface area contributed by atoms with Crippen molar-refractivity contribution in [3.8, 4) is 0 Å². The number of thioether (sulfide) groups is 2. The monoisotopic (exact) mass is 617 g/mol. The van der Waals surface area contributed by atoms with E-state index in [0.29, 0.717) is 17.1 Å². The van der Waals surface area contributed by atoms with Crippen molar-refractivity contribution in [3.05, 3.63) is 46.9 Å². The van der Waals surface area contributed by atoms with Crippen LogP contribution in [0, 0.1) is 0 Å². The fourth-order valence-corrected chi connectivity index (χ4v) is 6.62. The van der Waals surface area contributed by atoms with Crippen molar-refractivity contribution >= 4 is 99.0 Å². The molecule has 2 aromatic heterocycles. The third kappa shape index (κ3) is 6.98. The molecule has 0 unspecified atom stereocenters. The van der Waals surface area contributed by atoms with Crippen LogP contribution in [0.15, 0.2) is 51.2 Å². The summed E-state index contributed by atoms with van der Waals surface area (Å²) in [6.45, 7) is 4.10. The topological polar surface area (TPSA) is 188 Å². The third-order valence-corrected chi connectivity index (χ3v) is 8.92. The summed E-state index contributed by atoms with van der Waals surface area (Å²) < 4.78 is 2.01. The molecule has 0 aromatic carbocycles. The number of nitrogens with one attached hydrogen (secondary N) is 1. The molecule has 17 heteroatoms. The number of pyridine rings is 1. The molecule has 13 nitrogen and oxygen atoms in total. The van der Waals surface area contributed by atoms with Gasteiger partial charge < -0.3 is 26.1 Å². The van der Waals surface area contributed by atoms with Crippen molar-refractivity contribution in [1.29, 1.82) is 0 Å². The summed E-state index contributed by atoms with van der Waals surface area (Å²) >= 11 is 3.85. The van der Waals surface area contributed by atoms with Crippen molar-refractivity contribution in [1.82, 2.24) is 15.2 Å². The van der Waals surface area contributed by atoms with E-state index in [-0.39, 0.29) is 51.8 Å². The van der Waals surface area contributed by atoms with Gasteiger partial charge in [-0.3, -0.25) is 14.5 Å². The van der Waals surface area contributed by atoms with Crippen LogP contribution < -0.4 is 15.6 Å². The minimum absolute atomic E-state index is 0. The van der Waals surface area contributed by atoms with Gasteiger partial charge in [0.15, 0.2) is 23.2 Å². The molecular weight excluding hydrogens is 591 g/mol. The van der Waals surface area contributed by atoms with Gasteiger partial charge in [-0.2, -0.15) is 0 Å². The number of amides is 2. The number of carboxylic acid groups (broad SMARTS) is 2. The van der Waals surface area contributed by atoms with E-state index in [0.717, 1.165) is 22.8 Å². The van der Waals surface area contributed by atoms with Crippen LogP contribution in [-0.4, -0.2) is 108 Å². The first-order valence-corrected chi connectivity index (χ1v) is 14.5. The second-order valence-corrected chi connectivity index (χ2v) is 11.4. The number of hydrogen-bond acceptors (Lipinski definition) is 11.